The molecule has 0 amide bonds. The molecule has 0 unspecified atom stereocenters. The first-order chi connectivity index (χ1) is 23.3. The molecular weight excluding hydrogens is 576 g/mol. The topological polar surface area (TPSA) is 44.9 Å². The van der Waals surface area contributed by atoms with Gasteiger partial charge in [-0.25, -0.2) is 9.97 Å². The van der Waals surface area contributed by atoms with E-state index in [0.29, 0.717) is 5.95 Å². The summed E-state index contributed by atoms with van der Waals surface area (Å²) in [5.74, 6) is 2.22. The van der Waals surface area contributed by atoms with E-state index in [0.717, 1.165) is 83.0 Å². The summed E-state index contributed by atoms with van der Waals surface area (Å²) in [6, 6.07) is 51.2. The molecule has 1 aliphatic heterocycles. The third kappa shape index (κ3) is 3.32. The van der Waals surface area contributed by atoms with Crippen LogP contribution >= 0.6 is 0 Å². The molecule has 0 N–H and O–H groups in total. The molecule has 218 valence electrons. The van der Waals surface area contributed by atoms with E-state index in [1.165, 1.54) is 10.8 Å². The molecule has 10 aromatic rings. The molecule has 0 saturated carbocycles. The summed E-state index contributed by atoms with van der Waals surface area (Å²) in [6.07, 6.45) is 0. The first kappa shape index (κ1) is 24.8. The number of fused-ring (bicyclic) bond motifs is 10. The van der Waals surface area contributed by atoms with Crippen molar-refractivity contribution in [1.82, 2.24) is 19.1 Å². The van der Waals surface area contributed by atoms with E-state index in [9.17, 15) is 0 Å². The lowest BCUT2D eigenvalue weighted by molar-refractivity contribution is 0.487. The molecule has 1 aliphatic rings. The summed E-state index contributed by atoms with van der Waals surface area (Å²) >= 11 is 0. The predicted octanol–water partition coefficient (Wildman–Crippen LogP) is 10.7. The van der Waals surface area contributed by atoms with Crippen LogP contribution in [-0.4, -0.2) is 19.1 Å². The molecule has 0 spiro atoms. The van der Waals surface area contributed by atoms with Crippen LogP contribution in [0.4, 0.5) is 0 Å². The maximum atomic E-state index is 6.49. The number of hydrogen-bond acceptors (Lipinski definition) is 3. The summed E-state index contributed by atoms with van der Waals surface area (Å²) in [5.41, 5.74) is 8.26. The van der Waals surface area contributed by atoms with Crippen molar-refractivity contribution in [3.8, 4) is 34.4 Å². The van der Waals surface area contributed by atoms with Crippen molar-refractivity contribution in [1.29, 1.82) is 0 Å². The molecule has 0 saturated heterocycles. The number of rotatable bonds is 2. The average molecular weight is 601 g/mol. The van der Waals surface area contributed by atoms with Crippen LogP contribution in [0.5, 0.6) is 11.5 Å². The fraction of sp³-hybridized carbons (Fsp3) is 0. The zero-order valence-corrected chi connectivity index (χ0v) is 25.1. The highest BCUT2D eigenvalue weighted by molar-refractivity contribution is 6.23. The lowest BCUT2D eigenvalue weighted by Crippen LogP contribution is -2.07. The Hall–Kier alpha value is -6.46. The SMILES string of the molecule is c1ccc(-n2c3ccccc3c3ccc4c5ccccc5n(-c5nc6c7c(cccc7n5)Oc5cc7ccccc7cc5-6)c4c32)cc1. The minimum Gasteiger partial charge on any atom is -0.456 e. The quantitative estimate of drug-likeness (QED) is 0.198. The third-order valence-electron chi connectivity index (χ3n) is 9.68. The monoisotopic (exact) mass is 600 g/mol. The number of hydrogen-bond donors (Lipinski definition) is 0. The summed E-state index contributed by atoms with van der Waals surface area (Å²) in [4.78, 5) is 10.7. The van der Waals surface area contributed by atoms with E-state index < -0.39 is 0 Å². The van der Waals surface area contributed by atoms with Crippen LogP contribution in [0.25, 0.3) is 88.2 Å². The van der Waals surface area contributed by atoms with E-state index in [1.54, 1.807) is 0 Å². The lowest BCUT2D eigenvalue weighted by Gasteiger charge is -2.22. The van der Waals surface area contributed by atoms with Crippen LogP contribution in [0.3, 0.4) is 0 Å². The highest BCUT2D eigenvalue weighted by atomic mass is 16.5. The Morgan fingerprint density at radius 3 is 1.87 bits per heavy atom. The second kappa shape index (κ2) is 9.05. The smallest absolute Gasteiger partial charge is 0.235 e. The molecule has 0 radical (unpaired) electrons. The average Bonchev–Trinajstić information content (AvgIpc) is 3.64. The van der Waals surface area contributed by atoms with Gasteiger partial charge in [-0.2, -0.15) is 0 Å². The van der Waals surface area contributed by atoms with Crippen molar-refractivity contribution in [2.24, 2.45) is 0 Å². The molecule has 47 heavy (non-hydrogen) atoms. The standard InChI is InChI=1S/C42H24N4O/c1-2-13-27(14-3-1)45-34-18-8-6-15-28(34)30-21-22-31-29-16-7-9-19-35(29)46(41(31)40(30)45)42-43-33-17-10-20-36-38(33)39(44-42)32-23-25-11-4-5-12-26(25)24-37(32)47-36/h1-24H. The molecule has 0 bridgehead atoms. The first-order valence-electron chi connectivity index (χ1n) is 15.8. The van der Waals surface area contributed by atoms with Crippen molar-refractivity contribution in [3.05, 3.63) is 146 Å². The molecule has 0 atom stereocenters. The number of aromatic nitrogens is 4. The molecule has 7 aromatic carbocycles. The molecule has 11 rings (SSSR count). The summed E-state index contributed by atoms with van der Waals surface area (Å²) in [5, 5.41) is 7.94. The Bertz CT molecular complexity index is 2940. The molecule has 3 aromatic heterocycles. The van der Waals surface area contributed by atoms with Gasteiger partial charge in [-0.1, -0.05) is 97.1 Å². The maximum absolute atomic E-state index is 6.49. The van der Waals surface area contributed by atoms with Gasteiger partial charge in [-0.3, -0.25) is 4.57 Å². The third-order valence-corrected chi connectivity index (χ3v) is 9.68. The van der Waals surface area contributed by atoms with Crippen molar-refractivity contribution < 1.29 is 4.74 Å². The van der Waals surface area contributed by atoms with E-state index >= 15 is 0 Å². The van der Waals surface area contributed by atoms with Gasteiger partial charge in [0.1, 0.15) is 11.5 Å². The number of para-hydroxylation sites is 3. The van der Waals surface area contributed by atoms with Gasteiger partial charge < -0.3 is 9.30 Å². The first-order valence-corrected chi connectivity index (χ1v) is 15.8. The molecule has 0 fully saturated rings. The predicted molar refractivity (Wildman–Crippen MR) is 191 cm³/mol. The second-order valence-electron chi connectivity index (χ2n) is 12.2. The Morgan fingerprint density at radius 2 is 1.11 bits per heavy atom. The van der Waals surface area contributed by atoms with E-state index in [-0.39, 0.29) is 0 Å². The molecule has 0 aliphatic carbocycles. The van der Waals surface area contributed by atoms with Gasteiger partial charge in [0.05, 0.1) is 38.7 Å². The van der Waals surface area contributed by atoms with Crippen molar-refractivity contribution >= 4 is 65.3 Å². The van der Waals surface area contributed by atoms with Crippen molar-refractivity contribution in [3.63, 3.8) is 0 Å². The number of nitrogens with zero attached hydrogens (tertiary/aromatic N) is 4. The highest BCUT2D eigenvalue weighted by Gasteiger charge is 2.27. The van der Waals surface area contributed by atoms with Crippen LogP contribution in [0, 0.1) is 0 Å². The Morgan fingerprint density at radius 1 is 0.468 bits per heavy atom. The van der Waals surface area contributed by atoms with Gasteiger partial charge >= 0.3 is 0 Å². The van der Waals surface area contributed by atoms with Crippen LogP contribution in [-0.2, 0) is 0 Å². The van der Waals surface area contributed by atoms with Gasteiger partial charge in [0.15, 0.2) is 0 Å². The van der Waals surface area contributed by atoms with Crippen LogP contribution in [0.15, 0.2) is 146 Å². The number of benzene rings is 7. The number of ether oxygens (including phenoxy) is 1. The summed E-state index contributed by atoms with van der Waals surface area (Å²) in [7, 11) is 0. The fourth-order valence-electron chi connectivity index (χ4n) is 7.68. The highest BCUT2D eigenvalue weighted by Crippen LogP contribution is 2.48. The van der Waals surface area contributed by atoms with E-state index in [2.05, 4.69) is 143 Å². The zero-order chi connectivity index (χ0) is 30.6. The van der Waals surface area contributed by atoms with Gasteiger partial charge in [0.2, 0.25) is 5.95 Å². The molecule has 5 heteroatoms. The molecule has 4 heterocycles. The normalized spacial score (nSPS) is 12.4. The van der Waals surface area contributed by atoms with Crippen LogP contribution < -0.4 is 4.74 Å². The Kier molecular flexibility index (Phi) is 4.78. The Balaban J connectivity index is 1.33. The van der Waals surface area contributed by atoms with Gasteiger partial charge in [-0.05, 0) is 59.3 Å². The minimum absolute atomic E-state index is 0.634. The summed E-state index contributed by atoms with van der Waals surface area (Å²) in [6.45, 7) is 0. The second-order valence-corrected chi connectivity index (χ2v) is 12.2. The largest absolute Gasteiger partial charge is 0.456 e. The zero-order valence-electron chi connectivity index (χ0n) is 25.1. The fourth-order valence-corrected chi connectivity index (χ4v) is 7.68. The molecular formula is C42H24N4O. The maximum Gasteiger partial charge on any atom is 0.235 e. The minimum atomic E-state index is 0.634. The van der Waals surface area contributed by atoms with Crippen LogP contribution in [0.2, 0.25) is 0 Å². The van der Waals surface area contributed by atoms with Crippen LogP contribution in [0.1, 0.15) is 0 Å². The van der Waals surface area contributed by atoms with E-state index in [1.807, 2.05) is 12.1 Å². The van der Waals surface area contributed by atoms with Gasteiger partial charge in [0.25, 0.3) is 0 Å². The lowest BCUT2D eigenvalue weighted by atomic mass is 9.98. The van der Waals surface area contributed by atoms with E-state index in [4.69, 9.17) is 14.7 Å². The molecule has 5 nitrogen and oxygen atoms in total. The van der Waals surface area contributed by atoms with Gasteiger partial charge in [0, 0.05) is 32.8 Å². The summed E-state index contributed by atoms with van der Waals surface area (Å²) < 4.78 is 11.2. The Labute approximate surface area is 268 Å². The van der Waals surface area contributed by atoms with Crippen molar-refractivity contribution in [2.45, 2.75) is 0 Å². The van der Waals surface area contributed by atoms with Gasteiger partial charge in [-0.15, -0.1) is 0 Å². The van der Waals surface area contributed by atoms with Crippen molar-refractivity contribution in [2.75, 3.05) is 0 Å².